The van der Waals surface area contributed by atoms with E-state index in [0.717, 1.165) is 78.4 Å². The number of hydrogen-bond acceptors (Lipinski definition) is 14. The smallest absolute Gasteiger partial charge is 2.00 e. The third-order valence-corrected chi connectivity index (χ3v) is 19.6. The maximum atomic E-state index is 14.1. The monoisotopic (exact) mass is 1710 g/mol. The number of hydrogen-bond donors (Lipinski definition) is 2. The number of nitriles is 4. The number of aryl methyl sites for hydroxylation is 4. The van der Waals surface area contributed by atoms with Gasteiger partial charge in [0.1, 0.15) is 11.5 Å². The molecule has 0 amide bonds. The second kappa shape index (κ2) is 47.8. The number of aliphatic imine (C=N–C) groups is 4. The van der Waals surface area contributed by atoms with Crippen molar-refractivity contribution in [1.82, 2.24) is 0 Å². The first-order valence-corrected chi connectivity index (χ1v) is 39.8. The number of rotatable bonds is 16. The molecule has 10 aromatic rings. The first kappa shape index (κ1) is 109. The predicted molar refractivity (Wildman–Crippen MR) is 483 cm³/mol. The van der Waals surface area contributed by atoms with Crippen molar-refractivity contribution in [3.8, 4) is 58.8 Å². The summed E-state index contributed by atoms with van der Waals surface area (Å²) >= 11 is 0. The molecular formula is C104H120N8O8V2. The Balaban J connectivity index is 0.00000105. The van der Waals surface area contributed by atoms with E-state index in [4.69, 9.17) is 21.0 Å². The van der Waals surface area contributed by atoms with Crippen molar-refractivity contribution < 1.29 is 78.7 Å². The summed E-state index contributed by atoms with van der Waals surface area (Å²) in [6.45, 7) is 52.1. The van der Waals surface area contributed by atoms with Gasteiger partial charge in [0.25, 0.3) is 0 Å². The van der Waals surface area contributed by atoms with Gasteiger partial charge in [-0.25, -0.2) is 0 Å². The Hall–Kier alpha value is -11.3. The second-order valence-corrected chi connectivity index (χ2v) is 36.0. The van der Waals surface area contributed by atoms with Gasteiger partial charge < -0.3 is 41.6 Å². The van der Waals surface area contributed by atoms with Crippen LogP contribution in [0.4, 0.5) is 22.7 Å². The molecule has 10 aromatic carbocycles. The molecule has 0 fully saturated rings. The predicted octanol–water partition coefficient (Wildman–Crippen LogP) is 23.3. The Kier molecular flexibility index (Phi) is 42.6. The molecule has 0 aromatic heterocycles. The third-order valence-electron chi connectivity index (χ3n) is 19.6. The molecule has 0 saturated carbocycles. The summed E-state index contributed by atoms with van der Waals surface area (Å²) < 4.78 is 0. The molecule has 2 radical (unpaired) electrons. The Morgan fingerprint density at radius 1 is 0.270 bits per heavy atom. The Bertz CT molecular complexity index is 4750. The standard InChI is InChI=1S/2C48H56N2O3.4C2H3N.2O.2V/c2*1-30-12-16-41(17-13-30)49-28-36-26-39(47(6,7)8)24-34(44(36)52)20-32-22-38(46(3,4)5)23-33(43(32)51)21-35-25-40(48(9,10)11)27-37(45(35)53)29-50-42-18-14-31(2)15-19-42;4*1-2-3;;;;/h2*12-19,22-29,51-53H,20-21H2,1-11H3;4*1H3;;;;/q;;;;;;2*-2;2*+4/p-4. The average molecular weight is 1710 g/mol. The first-order valence-electron chi connectivity index (χ1n) is 39.8. The molecule has 16 nitrogen and oxygen atoms in total. The van der Waals surface area contributed by atoms with Gasteiger partial charge >= 0.3 is 37.1 Å². The van der Waals surface area contributed by atoms with Crippen LogP contribution in [0, 0.1) is 73.0 Å². The normalized spacial score (nSPS) is 11.3. The van der Waals surface area contributed by atoms with Gasteiger partial charge in [0.15, 0.2) is 0 Å². The van der Waals surface area contributed by atoms with Crippen LogP contribution in [0.3, 0.4) is 0 Å². The van der Waals surface area contributed by atoms with Crippen LogP contribution < -0.4 is 20.4 Å². The number of phenolic OH excluding ortho intramolecular Hbond substituents is 2. The largest absolute Gasteiger partial charge is 4.00 e. The molecule has 0 bridgehead atoms. The minimum atomic E-state index is -0.254. The van der Waals surface area contributed by atoms with Crippen LogP contribution in [0.15, 0.2) is 190 Å². The molecule has 18 heteroatoms. The van der Waals surface area contributed by atoms with E-state index in [1.54, 1.807) is 49.1 Å². The van der Waals surface area contributed by atoms with Gasteiger partial charge in [-0.05, 0) is 187 Å². The summed E-state index contributed by atoms with van der Waals surface area (Å²) in [6.07, 6.45) is 7.55. The molecule has 0 aliphatic carbocycles. The van der Waals surface area contributed by atoms with E-state index in [1.807, 2.05) is 198 Å². The van der Waals surface area contributed by atoms with Gasteiger partial charge in [-0.2, -0.15) is 21.0 Å². The van der Waals surface area contributed by atoms with E-state index in [0.29, 0.717) is 66.8 Å². The molecule has 0 unspecified atom stereocenters. The number of aromatic hydroxyl groups is 2. The Labute approximate surface area is 751 Å². The van der Waals surface area contributed by atoms with Gasteiger partial charge in [-0.3, -0.25) is 20.0 Å². The summed E-state index contributed by atoms with van der Waals surface area (Å²) in [6, 6.07) is 62.1. The minimum Gasteiger partial charge on any atom is -2.00 e. The summed E-state index contributed by atoms with van der Waals surface area (Å²) in [4.78, 5) is 18.5. The van der Waals surface area contributed by atoms with E-state index in [2.05, 4.69) is 145 Å². The van der Waals surface area contributed by atoms with Crippen molar-refractivity contribution in [1.29, 1.82) is 21.0 Å². The third kappa shape index (κ3) is 32.6. The van der Waals surface area contributed by atoms with Crippen LogP contribution in [0.25, 0.3) is 0 Å². The first-order chi connectivity index (χ1) is 55.0. The molecule has 0 aliphatic rings. The molecule has 0 aliphatic heterocycles. The van der Waals surface area contributed by atoms with E-state index >= 15 is 0 Å². The van der Waals surface area contributed by atoms with Crippen molar-refractivity contribution >= 4 is 47.6 Å². The zero-order chi connectivity index (χ0) is 88.6. The molecule has 0 spiro atoms. The van der Waals surface area contributed by atoms with Crippen molar-refractivity contribution in [2.24, 2.45) is 20.0 Å². The Morgan fingerprint density at radius 2 is 0.402 bits per heavy atom. The fraction of sp³-hybridized carbons (Fsp3) is 0.346. The number of phenols is 2. The molecule has 2 N–H and O–H groups in total. The van der Waals surface area contributed by atoms with E-state index in [-0.39, 0.29) is 141 Å². The van der Waals surface area contributed by atoms with Gasteiger partial charge in [0, 0.05) is 78.2 Å². The molecule has 10 rings (SSSR count). The second-order valence-electron chi connectivity index (χ2n) is 36.0. The van der Waals surface area contributed by atoms with Gasteiger partial charge in [-0.15, -0.1) is 0 Å². The zero-order valence-corrected chi connectivity index (χ0v) is 78.9. The zero-order valence-electron chi connectivity index (χ0n) is 76.1. The Morgan fingerprint density at radius 3 is 0.541 bits per heavy atom. The fourth-order valence-electron chi connectivity index (χ4n) is 12.3. The van der Waals surface area contributed by atoms with E-state index < -0.39 is 0 Å². The van der Waals surface area contributed by atoms with Crippen LogP contribution in [-0.4, -0.2) is 35.1 Å². The maximum absolute atomic E-state index is 14.1. The molecule has 0 saturated heterocycles. The van der Waals surface area contributed by atoms with Crippen molar-refractivity contribution in [2.45, 2.75) is 238 Å². The number of benzene rings is 10. The SMILES string of the molecule is CC#N.CC#N.CC#N.CC#N.Cc1ccc(N=Cc2cc(C(C)(C)C)cc(Cc3cc(C(C)(C)C)cc(Cc4cc(C(C)(C)C)cc(C=Nc5ccc(C)cc5)c4[O-])c3O)c2[O-])cc1.Cc1ccc(N=Cc2cc(C(C)(C)C)cc(Cc3cc(C(C)(C)C)cc(Cc4cc(C(C)(C)C)cc(C=Nc5ccc(C)cc5)c4[O-])c3O)c2[O-])cc1.[O-2].[O-2].[V+4].[V+4]. The van der Waals surface area contributed by atoms with Crippen molar-refractivity contribution in [3.63, 3.8) is 0 Å². The molecule has 122 heavy (non-hydrogen) atoms. The van der Waals surface area contributed by atoms with E-state index in [9.17, 15) is 30.6 Å². The molecule has 634 valence electrons. The van der Waals surface area contributed by atoms with Crippen LogP contribution >= 0.6 is 0 Å². The van der Waals surface area contributed by atoms with Crippen LogP contribution in [0.2, 0.25) is 0 Å². The molecular weight excluding hydrogens is 1590 g/mol. The fourth-order valence-corrected chi connectivity index (χ4v) is 12.3. The van der Waals surface area contributed by atoms with Gasteiger partial charge in [0.05, 0.1) is 47.0 Å². The van der Waals surface area contributed by atoms with Crippen molar-refractivity contribution in [3.05, 3.63) is 292 Å². The minimum absolute atomic E-state index is 0. The molecule has 0 heterocycles. The number of nitrogens with zero attached hydrogens (tertiary/aromatic N) is 8. The average Bonchev–Trinajstić information content (AvgIpc) is 0.779. The van der Waals surface area contributed by atoms with Crippen LogP contribution in [0.1, 0.15) is 275 Å². The van der Waals surface area contributed by atoms with Gasteiger partial charge in [0.2, 0.25) is 0 Å². The van der Waals surface area contributed by atoms with Crippen molar-refractivity contribution in [2.75, 3.05) is 0 Å². The summed E-state index contributed by atoms with van der Waals surface area (Å²) in [5.74, 6) is -0.268. The van der Waals surface area contributed by atoms with E-state index in [1.165, 1.54) is 27.7 Å². The quantitative estimate of drug-likeness (QED) is 0.0861. The maximum Gasteiger partial charge on any atom is 4.00 e. The summed E-state index contributed by atoms with van der Waals surface area (Å²) in [7, 11) is 0. The van der Waals surface area contributed by atoms with Crippen LogP contribution in [0.5, 0.6) is 34.5 Å². The summed E-state index contributed by atoms with van der Waals surface area (Å²) in [5.41, 5.74) is 19.3. The topological polar surface area (TPSA) is 334 Å². The molecule has 0 atom stereocenters. The van der Waals surface area contributed by atoms with Gasteiger partial charge in [-0.1, -0.05) is 313 Å². The summed E-state index contributed by atoms with van der Waals surface area (Å²) in [5, 5.41) is 109. The van der Waals surface area contributed by atoms with Crippen LogP contribution in [-0.2, 0) is 106 Å².